The van der Waals surface area contributed by atoms with Gasteiger partial charge in [0.1, 0.15) is 0 Å². The van der Waals surface area contributed by atoms with Gasteiger partial charge < -0.3 is 5.73 Å². The first-order valence-corrected chi connectivity index (χ1v) is 7.92. The second-order valence-corrected chi connectivity index (χ2v) is 7.07. The molecule has 2 aromatic carbocycles. The predicted molar refractivity (Wildman–Crippen MR) is 78.7 cm³/mol. The van der Waals surface area contributed by atoms with Crippen molar-refractivity contribution in [3.63, 3.8) is 0 Å². The number of rotatable bonds is 2. The molecule has 0 radical (unpaired) electrons. The summed E-state index contributed by atoms with van der Waals surface area (Å²) >= 11 is 5.83. The molecule has 1 aliphatic heterocycles. The molecule has 0 atom stereocenters. The molecule has 2 N–H and O–H groups in total. The van der Waals surface area contributed by atoms with Gasteiger partial charge in [-0.1, -0.05) is 35.9 Å². The molecule has 20 heavy (non-hydrogen) atoms. The van der Waals surface area contributed by atoms with E-state index in [4.69, 9.17) is 17.3 Å². The second kappa shape index (κ2) is 4.77. The second-order valence-electron chi connectivity index (χ2n) is 4.73. The highest BCUT2D eigenvalue weighted by atomic mass is 35.5. The number of fused-ring (bicyclic) bond motifs is 1. The predicted octanol–water partition coefficient (Wildman–Crippen LogP) is 2.63. The summed E-state index contributed by atoms with van der Waals surface area (Å²) in [7, 11) is -3.55. The molecule has 1 heterocycles. The van der Waals surface area contributed by atoms with E-state index in [9.17, 15) is 8.42 Å². The molecule has 1 aliphatic rings. The number of halogens is 1. The van der Waals surface area contributed by atoms with Crippen LogP contribution < -0.4 is 5.73 Å². The van der Waals surface area contributed by atoms with Gasteiger partial charge in [0.05, 0.1) is 15.6 Å². The average Bonchev–Trinajstić information content (AvgIpc) is 2.86. The molecule has 0 aliphatic carbocycles. The van der Waals surface area contributed by atoms with Crippen molar-refractivity contribution in [1.29, 1.82) is 0 Å². The Balaban J connectivity index is 1.96. The van der Waals surface area contributed by atoms with Crippen LogP contribution in [0.4, 0.5) is 5.69 Å². The first-order valence-electron chi connectivity index (χ1n) is 6.10. The van der Waals surface area contributed by atoms with Crippen molar-refractivity contribution in [1.82, 2.24) is 4.31 Å². The number of hydrogen-bond donors (Lipinski definition) is 1. The lowest BCUT2D eigenvalue weighted by Gasteiger charge is -2.16. The van der Waals surface area contributed by atoms with E-state index in [1.165, 1.54) is 22.5 Å². The third-order valence-corrected chi connectivity index (χ3v) is 5.55. The van der Waals surface area contributed by atoms with Crippen LogP contribution in [0.2, 0.25) is 5.02 Å². The molecular weight excluding hydrogens is 296 g/mol. The van der Waals surface area contributed by atoms with Crippen molar-refractivity contribution in [3.05, 3.63) is 58.6 Å². The maximum atomic E-state index is 12.6. The quantitative estimate of drug-likeness (QED) is 0.867. The fourth-order valence-corrected chi connectivity index (χ4v) is 3.85. The van der Waals surface area contributed by atoms with Gasteiger partial charge in [0.15, 0.2) is 0 Å². The number of sulfonamides is 1. The van der Waals surface area contributed by atoms with Crippen molar-refractivity contribution in [2.45, 2.75) is 18.0 Å². The lowest BCUT2D eigenvalue weighted by Crippen LogP contribution is -2.25. The standard InChI is InChI=1S/C14H13ClN2O2S/c15-13-6-5-12(7-14(13)16)20(18,19)17-8-10-3-1-2-4-11(10)9-17/h1-7H,8-9,16H2. The van der Waals surface area contributed by atoms with Crippen LogP contribution in [-0.4, -0.2) is 12.7 Å². The number of anilines is 1. The number of nitrogen functional groups attached to an aromatic ring is 1. The van der Waals surface area contributed by atoms with Gasteiger partial charge in [-0.15, -0.1) is 0 Å². The molecule has 0 aromatic heterocycles. The van der Waals surface area contributed by atoms with Gasteiger partial charge in [-0.2, -0.15) is 4.31 Å². The van der Waals surface area contributed by atoms with E-state index in [1.54, 1.807) is 0 Å². The molecule has 6 heteroatoms. The van der Waals surface area contributed by atoms with E-state index in [0.29, 0.717) is 18.1 Å². The Bertz CT molecular complexity index is 749. The molecule has 2 aromatic rings. The van der Waals surface area contributed by atoms with E-state index < -0.39 is 10.0 Å². The highest BCUT2D eigenvalue weighted by Crippen LogP contribution is 2.30. The van der Waals surface area contributed by atoms with Crippen LogP contribution in [0.5, 0.6) is 0 Å². The lowest BCUT2D eigenvalue weighted by atomic mass is 10.1. The minimum Gasteiger partial charge on any atom is -0.397 e. The van der Waals surface area contributed by atoms with Crippen LogP contribution in [0, 0.1) is 0 Å². The summed E-state index contributed by atoms with van der Waals surface area (Å²) in [5.41, 5.74) is 8.03. The van der Waals surface area contributed by atoms with E-state index in [-0.39, 0.29) is 10.6 Å². The Morgan fingerprint density at radius 3 is 2.20 bits per heavy atom. The largest absolute Gasteiger partial charge is 0.397 e. The van der Waals surface area contributed by atoms with Gasteiger partial charge in [0.25, 0.3) is 0 Å². The summed E-state index contributed by atoms with van der Waals surface area (Å²) in [6.45, 7) is 0.780. The van der Waals surface area contributed by atoms with Gasteiger partial charge in [-0.3, -0.25) is 0 Å². The van der Waals surface area contributed by atoms with Gasteiger partial charge in [-0.25, -0.2) is 8.42 Å². The highest BCUT2D eigenvalue weighted by Gasteiger charge is 2.30. The van der Waals surface area contributed by atoms with E-state index in [1.807, 2.05) is 24.3 Å². The zero-order chi connectivity index (χ0) is 14.3. The van der Waals surface area contributed by atoms with Gasteiger partial charge in [0.2, 0.25) is 10.0 Å². The van der Waals surface area contributed by atoms with Crippen LogP contribution >= 0.6 is 11.6 Å². The molecular formula is C14H13ClN2O2S. The van der Waals surface area contributed by atoms with E-state index in [0.717, 1.165) is 11.1 Å². The smallest absolute Gasteiger partial charge is 0.243 e. The summed E-state index contributed by atoms with van der Waals surface area (Å²) in [6, 6.07) is 12.1. The summed E-state index contributed by atoms with van der Waals surface area (Å²) in [4.78, 5) is 0.173. The van der Waals surface area contributed by atoms with Gasteiger partial charge in [-0.05, 0) is 29.3 Å². The van der Waals surface area contributed by atoms with Crippen molar-refractivity contribution >= 4 is 27.3 Å². The maximum absolute atomic E-state index is 12.6. The fourth-order valence-electron chi connectivity index (χ4n) is 2.30. The van der Waals surface area contributed by atoms with Crippen LogP contribution in [0.1, 0.15) is 11.1 Å². The Kier molecular flexibility index (Phi) is 3.20. The Morgan fingerprint density at radius 1 is 1.05 bits per heavy atom. The normalized spacial score (nSPS) is 15.2. The SMILES string of the molecule is Nc1cc(S(=O)(=O)N2Cc3ccccc3C2)ccc1Cl. The third-order valence-electron chi connectivity index (χ3n) is 3.42. The topological polar surface area (TPSA) is 63.4 Å². The van der Waals surface area contributed by atoms with Crippen LogP contribution in [0.15, 0.2) is 47.4 Å². The Labute approximate surface area is 122 Å². The van der Waals surface area contributed by atoms with Gasteiger partial charge in [0, 0.05) is 13.1 Å². The summed E-state index contributed by atoms with van der Waals surface area (Å²) < 4.78 is 26.6. The van der Waals surface area contributed by atoms with E-state index in [2.05, 4.69) is 0 Å². The molecule has 0 saturated carbocycles. The lowest BCUT2D eigenvalue weighted by molar-refractivity contribution is 0.431. The molecule has 4 nitrogen and oxygen atoms in total. The van der Waals surface area contributed by atoms with Crippen molar-refractivity contribution in [2.24, 2.45) is 0 Å². The number of nitrogens with zero attached hydrogens (tertiary/aromatic N) is 1. The van der Waals surface area contributed by atoms with Crippen molar-refractivity contribution in [3.8, 4) is 0 Å². The Morgan fingerprint density at radius 2 is 1.65 bits per heavy atom. The molecule has 3 rings (SSSR count). The first-order chi connectivity index (χ1) is 9.48. The number of benzene rings is 2. The average molecular weight is 309 g/mol. The Hall–Kier alpha value is -1.56. The third kappa shape index (κ3) is 2.18. The van der Waals surface area contributed by atoms with Gasteiger partial charge >= 0.3 is 0 Å². The molecule has 0 saturated heterocycles. The summed E-state index contributed by atoms with van der Waals surface area (Å²) in [6.07, 6.45) is 0. The number of nitrogens with two attached hydrogens (primary N) is 1. The van der Waals surface area contributed by atoms with Crippen LogP contribution in [0.3, 0.4) is 0 Å². The molecule has 0 unspecified atom stereocenters. The van der Waals surface area contributed by atoms with Crippen LogP contribution in [0.25, 0.3) is 0 Å². The zero-order valence-electron chi connectivity index (χ0n) is 10.6. The van der Waals surface area contributed by atoms with Crippen molar-refractivity contribution < 1.29 is 8.42 Å². The molecule has 104 valence electrons. The van der Waals surface area contributed by atoms with Crippen molar-refractivity contribution in [2.75, 3.05) is 5.73 Å². The molecule has 0 amide bonds. The summed E-state index contributed by atoms with van der Waals surface area (Å²) in [5.74, 6) is 0. The first kappa shape index (κ1) is 13.4. The van der Waals surface area contributed by atoms with Crippen LogP contribution in [-0.2, 0) is 23.1 Å². The minimum absolute atomic E-state index is 0.173. The zero-order valence-corrected chi connectivity index (χ0v) is 12.2. The molecule has 0 spiro atoms. The maximum Gasteiger partial charge on any atom is 0.243 e. The highest BCUT2D eigenvalue weighted by molar-refractivity contribution is 7.89. The molecule has 0 fully saturated rings. The molecule has 0 bridgehead atoms. The van der Waals surface area contributed by atoms with E-state index >= 15 is 0 Å². The summed E-state index contributed by atoms with van der Waals surface area (Å²) in [5, 5.41) is 0.355. The monoisotopic (exact) mass is 308 g/mol. The number of hydrogen-bond acceptors (Lipinski definition) is 3. The minimum atomic E-state index is -3.55. The fraction of sp³-hybridized carbons (Fsp3) is 0.143.